The number of carbonyl (C=O) groups excluding carboxylic acids is 1. The number of rotatable bonds is 6. The van der Waals surface area contributed by atoms with Gasteiger partial charge in [-0.15, -0.1) is 5.10 Å². The van der Waals surface area contributed by atoms with Crippen LogP contribution in [0.5, 0.6) is 5.75 Å². The molecule has 0 aliphatic heterocycles. The number of ether oxygens (including phenoxy) is 2. The smallest absolute Gasteiger partial charge is 0.340 e. The summed E-state index contributed by atoms with van der Waals surface area (Å²) in [6.07, 6.45) is 1.52. The molecule has 0 unspecified atom stereocenters. The lowest BCUT2D eigenvalue weighted by molar-refractivity contribution is 0.0522. The first-order valence-electron chi connectivity index (χ1n) is 9.19. The molecule has 0 atom stereocenters. The van der Waals surface area contributed by atoms with Crippen molar-refractivity contribution in [3.8, 4) is 11.4 Å². The van der Waals surface area contributed by atoms with Crippen LogP contribution in [0.25, 0.3) is 16.6 Å². The summed E-state index contributed by atoms with van der Waals surface area (Å²) in [7, 11) is 0. The van der Waals surface area contributed by atoms with Crippen LogP contribution in [0.1, 0.15) is 28.5 Å². The van der Waals surface area contributed by atoms with Gasteiger partial charge in [0, 0.05) is 5.39 Å². The average Bonchev–Trinajstić information content (AvgIpc) is 3.28. The van der Waals surface area contributed by atoms with Gasteiger partial charge in [0.2, 0.25) is 0 Å². The van der Waals surface area contributed by atoms with E-state index in [0.29, 0.717) is 23.6 Å². The zero-order valence-corrected chi connectivity index (χ0v) is 16.1. The molecule has 0 saturated heterocycles. The molecule has 2 aromatic carbocycles. The predicted octanol–water partition coefficient (Wildman–Crippen LogP) is 3.27. The van der Waals surface area contributed by atoms with Crippen LogP contribution in [0, 0.1) is 6.92 Å². The highest BCUT2D eigenvalue weighted by atomic mass is 16.5. The van der Waals surface area contributed by atoms with Gasteiger partial charge < -0.3 is 9.47 Å². The van der Waals surface area contributed by atoms with Crippen molar-refractivity contribution in [2.45, 2.75) is 20.5 Å². The Balaban J connectivity index is 1.63. The molecule has 0 aliphatic carbocycles. The van der Waals surface area contributed by atoms with Crippen LogP contribution in [0.2, 0.25) is 0 Å². The lowest BCUT2D eigenvalue weighted by Crippen LogP contribution is -2.14. The SMILES string of the molecule is CCOC(=O)c1c(COc2ccc(-n3cnnn3)cc2)nc2ccccc2c1C. The lowest BCUT2D eigenvalue weighted by atomic mass is 10.0. The summed E-state index contributed by atoms with van der Waals surface area (Å²) in [5.41, 5.74) is 3.46. The number of carbonyl (C=O) groups is 1. The number of nitrogens with zero attached hydrogens (tertiary/aromatic N) is 5. The second kappa shape index (κ2) is 8.05. The summed E-state index contributed by atoms with van der Waals surface area (Å²) >= 11 is 0. The number of hydrogen-bond acceptors (Lipinski definition) is 7. The maximum absolute atomic E-state index is 12.6. The van der Waals surface area contributed by atoms with E-state index in [1.54, 1.807) is 11.6 Å². The third-order valence-corrected chi connectivity index (χ3v) is 4.53. The topological polar surface area (TPSA) is 92.0 Å². The molecule has 0 spiro atoms. The minimum atomic E-state index is -0.393. The van der Waals surface area contributed by atoms with Crippen molar-refractivity contribution in [1.29, 1.82) is 0 Å². The number of tetrazole rings is 1. The van der Waals surface area contributed by atoms with Gasteiger partial charge in [-0.05, 0) is 60.2 Å². The Morgan fingerprint density at radius 1 is 1.10 bits per heavy atom. The molecule has 4 rings (SSSR count). The molecule has 0 fully saturated rings. The van der Waals surface area contributed by atoms with Crippen LogP contribution in [-0.2, 0) is 11.3 Å². The lowest BCUT2D eigenvalue weighted by Gasteiger charge is -2.14. The van der Waals surface area contributed by atoms with Crippen molar-refractivity contribution < 1.29 is 14.3 Å². The molecule has 0 saturated carbocycles. The zero-order valence-electron chi connectivity index (χ0n) is 16.1. The molecule has 2 heterocycles. The first-order chi connectivity index (χ1) is 14.2. The van der Waals surface area contributed by atoms with Gasteiger partial charge in [-0.25, -0.2) is 14.5 Å². The zero-order chi connectivity index (χ0) is 20.2. The van der Waals surface area contributed by atoms with E-state index in [1.807, 2.05) is 55.5 Å². The van der Waals surface area contributed by atoms with Gasteiger partial charge in [-0.1, -0.05) is 18.2 Å². The monoisotopic (exact) mass is 389 g/mol. The van der Waals surface area contributed by atoms with E-state index >= 15 is 0 Å². The molecule has 0 amide bonds. The van der Waals surface area contributed by atoms with E-state index in [4.69, 9.17) is 9.47 Å². The Labute approximate surface area is 167 Å². The van der Waals surface area contributed by atoms with E-state index in [9.17, 15) is 4.79 Å². The molecular weight excluding hydrogens is 370 g/mol. The van der Waals surface area contributed by atoms with Crippen LogP contribution >= 0.6 is 0 Å². The van der Waals surface area contributed by atoms with E-state index in [1.165, 1.54) is 6.33 Å². The third kappa shape index (κ3) is 3.77. The number of aromatic nitrogens is 5. The van der Waals surface area contributed by atoms with Gasteiger partial charge in [0.1, 0.15) is 18.7 Å². The molecule has 0 bridgehead atoms. The number of fused-ring (bicyclic) bond motifs is 1. The maximum atomic E-state index is 12.6. The Hall–Kier alpha value is -3.81. The largest absolute Gasteiger partial charge is 0.487 e. The van der Waals surface area contributed by atoms with Crippen LogP contribution in [-0.4, -0.2) is 37.8 Å². The van der Waals surface area contributed by atoms with E-state index in [0.717, 1.165) is 22.2 Å². The molecule has 0 N–H and O–H groups in total. The summed E-state index contributed by atoms with van der Waals surface area (Å²) in [4.78, 5) is 17.2. The van der Waals surface area contributed by atoms with E-state index < -0.39 is 5.97 Å². The number of benzene rings is 2. The van der Waals surface area contributed by atoms with E-state index in [-0.39, 0.29) is 6.61 Å². The fourth-order valence-electron chi connectivity index (χ4n) is 3.15. The molecule has 0 radical (unpaired) electrons. The van der Waals surface area contributed by atoms with Crippen LogP contribution in [0.15, 0.2) is 54.9 Å². The molecule has 146 valence electrons. The average molecular weight is 389 g/mol. The Morgan fingerprint density at radius 3 is 2.62 bits per heavy atom. The van der Waals surface area contributed by atoms with Gasteiger partial charge >= 0.3 is 5.97 Å². The molecule has 0 aliphatic rings. The third-order valence-electron chi connectivity index (χ3n) is 4.53. The first kappa shape index (κ1) is 18.5. The summed E-state index contributed by atoms with van der Waals surface area (Å²) < 4.78 is 12.7. The highest BCUT2D eigenvalue weighted by Crippen LogP contribution is 2.25. The summed E-state index contributed by atoms with van der Waals surface area (Å²) in [6.45, 7) is 4.12. The second-order valence-electron chi connectivity index (χ2n) is 6.33. The minimum Gasteiger partial charge on any atom is -0.487 e. The molecule has 29 heavy (non-hydrogen) atoms. The minimum absolute atomic E-state index is 0.143. The van der Waals surface area contributed by atoms with Crippen LogP contribution in [0.3, 0.4) is 0 Å². The normalized spacial score (nSPS) is 10.8. The van der Waals surface area contributed by atoms with Gasteiger partial charge in [0.25, 0.3) is 0 Å². The molecule has 2 aromatic heterocycles. The summed E-state index contributed by atoms with van der Waals surface area (Å²) in [5.74, 6) is 0.250. The number of hydrogen-bond donors (Lipinski definition) is 0. The Bertz CT molecular complexity index is 1140. The van der Waals surface area contributed by atoms with Gasteiger partial charge in [0.05, 0.1) is 29.1 Å². The molecule has 8 nitrogen and oxygen atoms in total. The van der Waals surface area contributed by atoms with Crippen molar-refractivity contribution in [2.24, 2.45) is 0 Å². The summed E-state index contributed by atoms with van der Waals surface area (Å²) in [5, 5.41) is 12.0. The number of pyridine rings is 1. The van der Waals surface area contributed by atoms with Crippen molar-refractivity contribution in [2.75, 3.05) is 6.61 Å². The maximum Gasteiger partial charge on any atom is 0.340 e. The van der Waals surface area contributed by atoms with Crippen molar-refractivity contribution >= 4 is 16.9 Å². The fourth-order valence-corrected chi connectivity index (χ4v) is 3.15. The molecule has 8 heteroatoms. The van der Waals surface area contributed by atoms with Crippen LogP contribution < -0.4 is 4.74 Å². The molecule has 4 aromatic rings. The first-order valence-corrected chi connectivity index (χ1v) is 9.19. The Morgan fingerprint density at radius 2 is 1.90 bits per heavy atom. The van der Waals surface area contributed by atoms with Gasteiger partial charge in [0.15, 0.2) is 0 Å². The van der Waals surface area contributed by atoms with Gasteiger partial charge in [-0.3, -0.25) is 0 Å². The standard InChI is InChI=1S/C21H19N5O3/c1-3-28-21(27)20-14(2)17-6-4-5-7-18(17)23-19(20)12-29-16-10-8-15(9-11-16)26-13-22-24-25-26/h4-11,13H,3,12H2,1-2H3. The number of esters is 1. The molecular formula is C21H19N5O3. The number of aryl methyl sites for hydroxylation is 1. The van der Waals surface area contributed by atoms with Crippen molar-refractivity contribution in [1.82, 2.24) is 25.2 Å². The van der Waals surface area contributed by atoms with Gasteiger partial charge in [-0.2, -0.15) is 0 Å². The highest BCUT2D eigenvalue weighted by Gasteiger charge is 2.20. The van der Waals surface area contributed by atoms with Crippen molar-refractivity contribution in [3.63, 3.8) is 0 Å². The predicted molar refractivity (Wildman–Crippen MR) is 106 cm³/mol. The Kier molecular flexibility index (Phi) is 5.15. The quantitative estimate of drug-likeness (QED) is 0.467. The second-order valence-corrected chi connectivity index (χ2v) is 6.33. The van der Waals surface area contributed by atoms with Crippen molar-refractivity contribution in [3.05, 3.63) is 71.7 Å². The fraction of sp³-hybridized carbons (Fsp3) is 0.190. The number of para-hydroxylation sites is 1. The van der Waals surface area contributed by atoms with Crippen LogP contribution in [0.4, 0.5) is 0 Å². The van der Waals surface area contributed by atoms with E-state index in [2.05, 4.69) is 20.5 Å². The highest BCUT2D eigenvalue weighted by molar-refractivity contribution is 5.98. The summed E-state index contributed by atoms with van der Waals surface area (Å²) in [6, 6.07) is 15.0.